The zero-order valence-electron chi connectivity index (χ0n) is 12.7. The maximum Gasteiger partial charge on any atom is 0.0962 e. The number of hydrogen-bond donors (Lipinski definition) is 1. The van der Waals surface area contributed by atoms with Gasteiger partial charge in [0, 0.05) is 6.20 Å². The van der Waals surface area contributed by atoms with E-state index in [0.29, 0.717) is 11.8 Å². The number of pyridine rings is 1. The molecule has 20 heavy (non-hydrogen) atoms. The predicted octanol–water partition coefficient (Wildman–Crippen LogP) is 4.23. The molecule has 0 radical (unpaired) electrons. The van der Waals surface area contributed by atoms with Crippen LogP contribution in [0.1, 0.15) is 51.0 Å². The second kappa shape index (κ2) is 6.85. The lowest BCUT2D eigenvalue weighted by Gasteiger charge is -2.17. The predicted molar refractivity (Wildman–Crippen MR) is 83.4 cm³/mol. The van der Waals surface area contributed by atoms with Crippen LogP contribution in [0.15, 0.2) is 42.1 Å². The molecule has 0 spiro atoms. The van der Waals surface area contributed by atoms with Crippen LogP contribution in [0.2, 0.25) is 0 Å². The molecular weight excluding hydrogens is 246 g/mol. The fraction of sp³-hybridized carbons (Fsp3) is 0.500. The summed E-state index contributed by atoms with van der Waals surface area (Å²) in [6.07, 6.45) is 10.8. The molecule has 0 saturated heterocycles. The quantitative estimate of drug-likeness (QED) is 0.659. The molecule has 0 bridgehead atoms. The van der Waals surface area contributed by atoms with E-state index in [0.717, 1.165) is 25.0 Å². The first kappa shape index (κ1) is 15.0. The topological polar surface area (TPSA) is 33.1 Å². The third-order valence-electron chi connectivity index (χ3n) is 3.85. The first-order valence-corrected chi connectivity index (χ1v) is 7.58. The highest BCUT2D eigenvalue weighted by atomic mass is 16.3. The Labute approximate surface area is 122 Å². The van der Waals surface area contributed by atoms with Gasteiger partial charge in [-0.25, -0.2) is 0 Å². The van der Waals surface area contributed by atoms with Gasteiger partial charge in [0.05, 0.1) is 11.8 Å². The molecular formula is C18H25NO. The van der Waals surface area contributed by atoms with E-state index >= 15 is 0 Å². The highest BCUT2D eigenvalue weighted by Gasteiger charge is 2.24. The van der Waals surface area contributed by atoms with Crippen molar-refractivity contribution >= 4 is 0 Å². The molecule has 0 amide bonds. The van der Waals surface area contributed by atoms with Crippen LogP contribution in [0.5, 0.6) is 0 Å². The third kappa shape index (κ3) is 3.57. The van der Waals surface area contributed by atoms with Crippen LogP contribution in [0.3, 0.4) is 0 Å². The minimum atomic E-state index is -0.415. The molecule has 2 unspecified atom stereocenters. The number of allylic oxidation sites excluding steroid dienone is 4. The van der Waals surface area contributed by atoms with Crippen molar-refractivity contribution in [1.29, 1.82) is 0 Å². The van der Waals surface area contributed by atoms with Crippen LogP contribution in [-0.2, 0) is 6.42 Å². The molecule has 1 heterocycles. The van der Waals surface area contributed by atoms with Crippen LogP contribution in [0, 0.1) is 11.8 Å². The molecule has 108 valence electrons. The van der Waals surface area contributed by atoms with Crippen molar-refractivity contribution in [3.63, 3.8) is 0 Å². The number of aromatic nitrogens is 1. The molecule has 1 aromatic rings. The molecule has 2 heteroatoms. The Balaban J connectivity index is 2.31. The number of nitrogens with zero attached hydrogens (tertiary/aromatic N) is 1. The molecule has 0 fully saturated rings. The van der Waals surface area contributed by atoms with Crippen molar-refractivity contribution in [3.05, 3.63) is 53.4 Å². The van der Waals surface area contributed by atoms with Gasteiger partial charge in [0.25, 0.3) is 0 Å². The van der Waals surface area contributed by atoms with Gasteiger partial charge in [-0.2, -0.15) is 0 Å². The molecule has 0 aliphatic heterocycles. The Bertz CT molecular complexity index is 502. The van der Waals surface area contributed by atoms with E-state index in [9.17, 15) is 5.11 Å². The Morgan fingerprint density at radius 2 is 2.20 bits per heavy atom. The molecule has 2 rings (SSSR count). The molecule has 1 aliphatic carbocycles. The molecule has 2 atom stereocenters. The van der Waals surface area contributed by atoms with Gasteiger partial charge in [0.2, 0.25) is 0 Å². The summed E-state index contributed by atoms with van der Waals surface area (Å²) in [6.45, 7) is 6.49. The fourth-order valence-electron chi connectivity index (χ4n) is 2.98. The number of fused-ring (bicyclic) bond motifs is 1. The second-order valence-corrected chi connectivity index (χ2v) is 5.95. The highest BCUT2D eigenvalue weighted by molar-refractivity contribution is 5.30. The molecule has 1 aliphatic rings. The van der Waals surface area contributed by atoms with E-state index in [1.165, 1.54) is 11.1 Å². The van der Waals surface area contributed by atoms with Crippen LogP contribution in [0.4, 0.5) is 0 Å². The van der Waals surface area contributed by atoms with Gasteiger partial charge < -0.3 is 5.11 Å². The average Bonchev–Trinajstić information content (AvgIpc) is 2.58. The minimum Gasteiger partial charge on any atom is -0.387 e. The van der Waals surface area contributed by atoms with Crippen LogP contribution in [0.25, 0.3) is 0 Å². The fourth-order valence-corrected chi connectivity index (χ4v) is 2.98. The molecule has 2 nitrogen and oxygen atoms in total. The summed E-state index contributed by atoms with van der Waals surface area (Å²) in [5.41, 5.74) is 3.47. The van der Waals surface area contributed by atoms with E-state index in [1.54, 1.807) is 6.20 Å². The van der Waals surface area contributed by atoms with Crippen LogP contribution in [-0.4, -0.2) is 10.1 Å². The first-order chi connectivity index (χ1) is 9.61. The minimum absolute atomic E-state index is 0.415. The first-order valence-electron chi connectivity index (χ1n) is 7.58. The van der Waals surface area contributed by atoms with Crippen molar-refractivity contribution in [1.82, 2.24) is 4.98 Å². The Morgan fingerprint density at radius 1 is 1.40 bits per heavy atom. The van der Waals surface area contributed by atoms with E-state index in [2.05, 4.69) is 50.0 Å². The van der Waals surface area contributed by atoms with Gasteiger partial charge in [-0.05, 0) is 55.2 Å². The van der Waals surface area contributed by atoms with E-state index in [-0.39, 0.29) is 0 Å². The van der Waals surface area contributed by atoms with Gasteiger partial charge in [-0.1, -0.05) is 38.1 Å². The van der Waals surface area contributed by atoms with Crippen molar-refractivity contribution in [2.24, 2.45) is 11.8 Å². The zero-order chi connectivity index (χ0) is 14.5. The smallest absolute Gasteiger partial charge is 0.0962 e. The lowest BCUT2D eigenvalue weighted by Crippen LogP contribution is -2.07. The largest absolute Gasteiger partial charge is 0.387 e. The van der Waals surface area contributed by atoms with E-state index < -0.39 is 6.10 Å². The number of aliphatic hydroxyl groups excluding tert-OH is 1. The molecule has 0 saturated carbocycles. The summed E-state index contributed by atoms with van der Waals surface area (Å²) in [5.74, 6) is 1.02. The zero-order valence-corrected chi connectivity index (χ0v) is 12.7. The van der Waals surface area contributed by atoms with Gasteiger partial charge in [-0.3, -0.25) is 4.98 Å². The van der Waals surface area contributed by atoms with E-state index in [4.69, 9.17) is 0 Å². The van der Waals surface area contributed by atoms with E-state index in [1.807, 2.05) is 6.07 Å². The summed E-state index contributed by atoms with van der Waals surface area (Å²) in [4.78, 5) is 4.37. The number of aliphatic hydroxyl groups is 1. The standard InChI is InChI=1S/C18H25NO/c1-4-6-14(11-13(2)3)15-8-9-17(20)18-16(12-15)7-5-10-19-18/h4-7,10-11,13,15,17,20H,8-9,12H2,1-3H3/b6-4-,14-11+. The van der Waals surface area contributed by atoms with Crippen LogP contribution >= 0.6 is 0 Å². The Kier molecular flexibility index (Phi) is 5.13. The van der Waals surface area contributed by atoms with Gasteiger partial charge >= 0.3 is 0 Å². The normalized spacial score (nSPS) is 23.9. The summed E-state index contributed by atoms with van der Waals surface area (Å²) in [7, 11) is 0. The number of rotatable bonds is 3. The molecule has 1 aromatic heterocycles. The Hall–Kier alpha value is -1.41. The summed E-state index contributed by atoms with van der Waals surface area (Å²) in [5, 5.41) is 10.3. The van der Waals surface area contributed by atoms with Gasteiger partial charge in [0.1, 0.15) is 0 Å². The molecule has 1 N–H and O–H groups in total. The monoisotopic (exact) mass is 271 g/mol. The van der Waals surface area contributed by atoms with Gasteiger partial charge in [0.15, 0.2) is 0 Å². The number of hydrogen-bond acceptors (Lipinski definition) is 2. The van der Waals surface area contributed by atoms with Crippen LogP contribution < -0.4 is 0 Å². The average molecular weight is 271 g/mol. The third-order valence-corrected chi connectivity index (χ3v) is 3.85. The maximum atomic E-state index is 10.3. The summed E-state index contributed by atoms with van der Waals surface area (Å²) < 4.78 is 0. The SMILES string of the molecule is C/C=C\C(=C/C(C)C)C1CCC(O)c2ncccc2C1. The van der Waals surface area contributed by atoms with Crippen molar-refractivity contribution in [3.8, 4) is 0 Å². The summed E-state index contributed by atoms with van der Waals surface area (Å²) >= 11 is 0. The Morgan fingerprint density at radius 3 is 2.90 bits per heavy atom. The highest BCUT2D eigenvalue weighted by Crippen LogP contribution is 2.34. The maximum absolute atomic E-state index is 10.3. The second-order valence-electron chi connectivity index (χ2n) is 5.95. The lowest BCUT2D eigenvalue weighted by atomic mass is 9.88. The van der Waals surface area contributed by atoms with Crippen molar-refractivity contribution in [2.75, 3.05) is 0 Å². The van der Waals surface area contributed by atoms with Crippen molar-refractivity contribution in [2.45, 2.75) is 46.1 Å². The lowest BCUT2D eigenvalue weighted by molar-refractivity contribution is 0.159. The summed E-state index contributed by atoms with van der Waals surface area (Å²) in [6, 6.07) is 4.07. The molecule has 0 aromatic carbocycles. The van der Waals surface area contributed by atoms with Gasteiger partial charge in [-0.15, -0.1) is 0 Å². The van der Waals surface area contributed by atoms with Crippen molar-refractivity contribution < 1.29 is 5.11 Å².